The van der Waals surface area contributed by atoms with Gasteiger partial charge in [0.25, 0.3) is 0 Å². The van der Waals surface area contributed by atoms with E-state index in [-0.39, 0.29) is 43.3 Å². The fourth-order valence-electron chi connectivity index (χ4n) is 6.21. The molecule has 0 radical (unpaired) electrons. The second kappa shape index (κ2) is 17.9. The van der Waals surface area contributed by atoms with Gasteiger partial charge in [-0.15, -0.1) is 0 Å². The molecule has 1 amide bonds. The molecular weight excluding hydrogens is 636 g/mol. The number of aliphatic hydroxyl groups excluding tert-OH is 2. The first kappa shape index (κ1) is 36.7. The van der Waals surface area contributed by atoms with Gasteiger partial charge >= 0.3 is 5.97 Å². The van der Waals surface area contributed by atoms with E-state index in [4.69, 9.17) is 14.6 Å². The Kier molecular flexibility index (Phi) is 13.1. The second-order valence-corrected chi connectivity index (χ2v) is 12.8. The zero-order valence-electron chi connectivity index (χ0n) is 28.3. The van der Waals surface area contributed by atoms with E-state index in [1.807, 2.05) is 84.7 Å². The summed E-state index contributed by atoms with van der Waals surface area (Å²) >= 11 is 0. The monoisotopic (exact) mass is 682 g/mol. The molecule has 264 valence electrons. The summed E-state index contributed by atoms with van der Waals surface area (Å²) in [6, 6.07) is 30.3. The maximum Gasteiger partial charge on any atom is 0.303 e. The number of amides is 1. The quantitative estimate of drug-likeness (QED) is 0.0895. The van der Waals surface area contributed by atoms with Crippen molar-refractivity contribution >= 4 is 11.9 Å². The van der Waals surface area contributed by atoms with Crippen molar-refractivity contribution in [1.29, 1.82) is 0 Å². The van der Waals surface area contributed by atoms with E-state index in [1.54, 1.807) is 24.3 Å². The summed E-state index contributed by atoms with van der Waals surface area (Å²) in [6.07, 6.45) is 0.0327. The third-order valence-corrected chi connectivity index (χ3v) is 8.90. The molecule has 1 heterocycles. The number of unbranched alkanes of at least 4 members (excludes halogenated alkanes) is 1. The molecule has 0 spiro atoms. The summed E-state index contributed by atoms with van der Waals surface area (Å²) < 4.78 is 13.1. The Morgan fingerprint density at radius 3 is 2.34 bits per heavy atom. The number of aromatic hydroxyl groups is 1. The molecule has 0 aliphatic carbocycles. The number of nitrogens with zero attached hydrogens (tertiary/aromatic N) is 1. The van der Waals surface area contributed by atoms with Crippen LogP contribution in [-0.4, -0.2) is 63.4 Å². The van der Waals surface area contributed by atoms with Crippen molar-refractivity contribution in [3.8, 4) is 16.9 Å². The molecular formula is C40H46N2O8. The standard InChI is InChI=1S/C40H46N2O8/c1-42(25-36(45)31-8-6-9-33(44)21-31)24-34-22-37(29-15-13-27(26-43)14-16-29)50-40(49-34)30-19-17-28(18-20-30)35-10-3-2-7-32(35)23-41-38(46)11-4-5-12-39(47)48/h2-3,6-10,13-21,34,36-37,40,43-45H,4-5,11-12,22-26H2,1H3,(H,41,46)(H,47,48). The molecule has 1 fully saturated rings. The number of carboxylic acids is 1. The number of carbonyl (C=O) groups excluding carboxylic acids is 1. The fraction of sp³-hybridized carbons (Fsp3) is 0.350. The van der Waals surface area contributed by atoms with E-state index in [2.05, 4.69) is 5.32 Å². The van der Waals surface area contributed by atoms with E-state index in [0.717, 1.165) is 33.4 Å². The zero-order chi connectivity index (χ0) is 35.5. The van der Waals surface area contributed by atoms with E-state index in [1.165, 1.54) is 0 Å². The summed E-state index contributed by atoms with van der Waals surface area (Å²) in [4.78, 5) is 25.1. The summed E-state index contributed by atoms with van der Waals surface area (Å²) in [7, 11) is 1.93. The van der Waals surface area contributed by atoms with Crippen molar-refractivity contribution in [2.45, 2.75) is 69.9 Å². The minimum Gasteiger partial charge on any atom is -0.508 e. The lowest BCUT2D eigenvalue weighted by Gasteiger charge is -2.38. The van der Waals surface area contributed by atoms with Crippen LogP contribution in [0.25, 0.3) is 11.1 Å². The third-order valence-electron chi connectivity index (χ3n) is 8.90. The average molecular weight is 683 g/mol. The SMILES string of the molecule is CN(CC1CC(c2ccc(CO)cc2)OC(c2ccc(-c3ccccc3CNC(=O)CCCCC(=O)O)cc2)O1)CC(O)c1cccc(O)c1. The molecule has 5 rings (SSSR count). The van der Waals surface area contributed by atoms with Gasteiger partial charge in [0.1, 0.15) is 5.75 Å². The van der Waals surface area contributed by atoms with Crippen LogP contribution >= 0.6 is 0 Å². The van der Waals surface area contributed by atoms with Gasteiger partial charge in [0.05, 0.1) is 24.9 Å². The van der Waals surface area contributed by atoms with E-state index >= 15 is 0 Å². The Labute approximate surface area is 292 Å². The topological polar surface area (TPSA) is 149 Å². The van der Waals surface area contributed by atoms with Gasteiger partial charge in [-0.2, -0.15) is 0 Å². The van der Waals surface area contributed by atoms with Crippen LogP contribution in [0.3, 0.4) is 0 Å². The maximum atomic E-state index is 12.4. The van der Waals surface area contributed by atoms with Crippen LogP contribution in [0, 0.1) is 0 Å². The molecule has 5 N–H and O–H groups in total. The van der Waals surface area contributed by atoms with Crippen molar-refractivity contribution in [1.82, 2.24) is 10.2 Å². The highest BCUT2D eigenvalue weighted by Crippen LogP contribution is 2.39. The van der Waals surface area contributed by atoms with Gasteiger partial charge < -0.3 is 40.1 Å². The molecule has 1 aliphatic rings. The van der Waals surface area contributed by atoms with Gasteiger partial charge in [-0.05, 0) is 65.4 Å². The van der Waals surface area contributed by atoms with Crippen molar-refractivity contribution in [3.05, 3.63) is 125 Å². The number of phenolic OH excluding ortho intramolecular Hbond substituents is 1. The lowest BCUT2D eigenvalue weighted by Crippen LogP contribution is -2.39. The van der Waals surface area contributed by atoms with E-state index in [0.29, 0.717) is 44.5 Å². The Bertz CT molecular complexity index is 1690. The number of likely N-dealkylation sites (N-methyl/N-ethyl adjacent to an activating group) is 1. The first-order valence-corrected chi connectivity index (χ1v) is 17.0. The summed E-state index contributed by atoms with van der Waals surface area (Å²) in [6.45, 7) is 1.21. The minimum atomic E-state index is -0.855. The van der Waals surface area contributed by atoms with E-state index < -0.39 is 18.4 Å². The van der Waals surface area contributed by atoms with Crippen LogP contribution in [0.1, 0.15) is 78.4 Å². The fourth-order valence-corrected chi connectivity index (χ4v) is 6.21. The molecule has 10 heteroatoms. The lowest BCUT2D eigenvalue weighted by atomic mass is 9.97. The summed E-state index contributed by atoms with van der Waals surface area (Å²) in [5.74, 6) is -0.856. The Morgan fingerprint density at radius 1 is 0.900 bits per heavy atom. The van der Waals surface area contributed by atoms with Crippen LogP contribution in [0.5, 0.6) is 5.75 Å². The largest absolute Gasteiger partial charge is 0.508 e. The summed E-state index contributed by atoms with van der Waals surface area (Å²) in [5.41, 5.74) is 6.22. The van der Waals surface area contributed by atoms with Crippen LogP contribution in [-0.2, 0) is 32.2 Å². The number of rotatable bonds is 16. The van der Waals surface area contributed by atoms with E-state index in [9.17, 15) is 24.9 Å². The molecule has 4 aromatic carbocycles. The number of carboxylic acid groups (broad SMARTS) is 1. The van der Waals surface area contributed by atoms with Crippen molar-refractivity contribution in [3.63, 3.8) is 0 Å². The molecule has 0 saturated carbocycles. The highest BCUT2D eigenvalue weighted by molar-refractivity contribution is 5.76. The maximum absolute atomic E-state index is 12.4. The van der Waals surface area contributed by atoms with Crippen molar-refractivity contribution in [2.24, 2.45) is 0 Å². The second-order valence-electron chi connectivity index (χ2n) is 12.8. The highest BCUT2D eigenvalue weighted by atomic mass is 16.7. The molecule has 0 bridgehead atoms. The number of aliphatic hydroxyl groups is 2. The molecule has 10 nitrogen and oxygen atoms in total. The van der Waals surface area contributed by atoms with Gasteiger partial charge in [-0.25, -0.2) is 0 Å². The molecule has 4 unspecified atom stereocenters. The zero-order valence-corrected chi connectivity index (χ0v) is 28.3. The average Bonchev–Trinajstić information content (AvgIpc) is 3.12. The number of ether oxygens (including phenoxy) is 2. The predicted molar refractivity (Wildman–Crippen MR) is 189 cm³/mol. The van der Waals surface area contributed by atoms with Crippen molar-refractivity contribution < 1.29 is 39.5 Å². The first-order chi connectivity index (χ1) is 24.2. The van der Waals surface area contributed by atoms with Crippen LogP contribution in [0.15, 0.2) is 97.1 Å². The van der Waals surface area contributed by atoms with Crippen LogP contribution in [0.4, 0.5) is 0 Å². The number of aliphatic carboxylic acids is 1. The number of nitrogens with one attached hydrogen (secondary N) is 1. The van der Waals surface area contributed by atoms with Gasteiger partial charge in [0.15, 0.2) is 6.29 Å². The summed E-state index contributed by atoms with van der Waals surface area (Å²) in [5, 5.41) is 42.0. The molecule has 1 saturated heterocycles. The van der Waals surface area contributed by atoms with Crippen molar-refractivity contribution in [2.75, 3.05) is 20.1 Å². The number of carbonyl (C=O) groups is 2. The molecule has 4 aromatic rings. The minimum absolute atomic E-state index is 0.0388. The number of hydrogen-bond donors (Lipinski definition) is 5. The van der Waals surface area contributed by atoms with Gasteiger partial charge in [0, 0.05) is 44.5 Å². The Hall–Kier alpha value is -4.58. The van der Waals surface area contributed by atoms with Gasteiger partial charge in [0.2, 0.25) is 5.91 Å². The van der Waals surface area contributed by atoms with Gasteiger partial charge in [-0.3, -0.25) is 9.59 Å². The number of phenols is 1. The smallest absolute Gasteiger partial charge is 0.303 e. The Balaban J connectivity index is 1.27. The lowest BCUT2D eigenvalue weighted by molar-refractivity contribution is -0.252. The number of hydrogen-bond acceptors (Lipinski definition) is 8. The Morgan fingerprint density at radius 2 is 1.62 bits per heavy atom. The molecule has 1 aliphatic heterocycles. The highest BCUT2D eigenvalue weighted by Gasteiger charge is 2.33. The normalized spacial score (nSPS) is 18.1. The van der Waals surface area contributed by atoms with Crippen LogP contribution in [0.2, 0.25) is 0 Å². The predicted octanol–water partition coefficient (Wildman–Crippen LogP) is 6.02. The number of benzene rings is 4. The first-order valence-electron chi connectivity index (χ1n) is 17.0. The van der Waals surface area contributed by atoms with Gasteiger partial charge in [-0.1, -0.05) is 84.9 Å². The third kappa shape index (κ3) is 10.5. The van der Waals surface area contributed by atoms with Crippen LogP contribution < -0.4 is 5.32 Å². The molecule has 50 heavy (non-hydrogen) atoms. The molecule has 0 aromatic heterocycles. The molecule has 4 atom stereocenters.